The Morgan fingerprint density at radius 2 is 0.600 bits per heavy atom. The highest BCUT2D eigenvalue weighted by Gasteiger charge is 2.25. The van der Waals surface area contributed by atoms with E-state index in [0.717, 1.165) is 22.0 Å². The van der Waals surface area contributed by atoms with E-state index in [1.54, 1.807) is 0 Å². The van der Waals surface area contributed by atoms with Crippen molar-refractivity contribution in [3.63, 3.8) is 0 Å². The van der Waals surface area contributed by atoms with Crippen LogP contribution in [0.2, 0.25) is 0 Å². The second-order valence-electron chi connectivity index (χ2n) is 15.9. The van der Waals surface area contributed by atoms with Crippen molar-refractivity contribution in [2.75, 3.05) is 13.3 Å². The third-order valence-electron chi connectivity index (χ3n) is 11.7. The highest BCUT2D eigenvalue weighted by molar-refractivity contribution is 7.70. The molecule has 0 saturated carbocycles. The van der Waals surface area contributed by atoms with Gasteiger partial charge in [0.05, 0.1) is 0 Å². The topological polar surface area (TPSA) is 17.1 Å². The quantitative estimate of drug-likeness (QED) is 0.111. The smallest absolute Gasteiger partial charge is 0.109 e. The molecule has 0 N–H and O–H groups in total. The zero-order valence-corrected chi connectivity index (χ0v) is 34.6. The van der Waals surface area contributed by atoms with Crippen LogP contribution in [-0.4, -0.2) is 13.3 Å². The van der Waals surface area contributed by atoms with Crippen molar-refractivity contribution >= 4 is 34.0 Å². The molecule has 0 aliphatic rings. The summed E-state index contributed by atoms with van der Waals surface area (Å²) in [6.07, 6.45) is 0. The number of benzene rings is 10. The standard InChI is InChI=1S/C58H43OP/c1-60(2,59)47-32-20-31-46(38-47)55-50-35-17-15-33-48(50)54(49-34-16-18-36-51(49)55)45-30-19-29-44(37-45)53-39-52(40-21-7-3-8-22-40)56(41-23-9-4-10-24-41)58(43-27-13-6-14-28-43)57(53)42-25-11-5-12-26-42/h3-39H,1-2H3. The molecule has 0 heterocycles. The van der Waals surface area contributed by atoms with E-state index in [0.29, 0.717) is 0 Å². The van der Waals surface area contributed by atoms with Gasteiger partial charge >= 0.3 is 0 Å². The van der Waals surface area contributed by atoms with Gasteiger partial charge in [0.25, 0.3) is 0 Å². The van der Waals surface area contributed by atoms with E-state index in [-0.39, 0.29) is 0 Å². The Balaban J connectivity index is 1.29. The van der Waals surface area contributed by atoms with Crippen molar-refractivity contribution < 1.29 is 4.57 Å². The van der Waals surface area contributed by atoms with Gasteiger partial charge in [0.2, 0.25) is 0 Å². The van der Waals surface area contributed by atoms with Gasteiger partial charge < -0.3 is 4.57 Å². The Morgan fingerprint density at radius 1 is 0.267 bits per heavy atom. The molecular formula is C58H43OP. The molecule has 1 nitrogen and oxygen atoms in total. The summed E-state index contributed by atoms with van der Waals surface area (Å²) >= 11 is 0. The molecule has 0 bridgehead atoms. The van der Waals surface area contributed by atoms with Gasteiger partial charge in [0, 0.05) is 5.30 Å². The minimum atomic E-state index is -2.47. The molecule has 0 unspecified atom stereocenters. The van der Waals surface area contributed by atoms with Crippen molar-refractivity contribution in [3.8, 4) is 77.9 Å². The van der Waals surface area contributed by atoms with Gasteiger partial charge in [-0.1, -0.05) is 206 Å². The van der Waals surface area contributed by atoms with Crippen molar-refractivity contribution in [2.45, 2.75) is 0 Å². The first-order valence-electron chi connectivity index (χ1n) is 20.6. The summed E-state index contributed by atoms with van der Waals surface area (Å²) in [5.41, 5.74) is 16.4. The Morgan fingerprint density at radius 3 is 1.05 bits per heavy atom. The first-order chi connectivity index (χ1) is 29.4. The largest absolute Gasteiger partial charge is 0.319 e. The summed E-state index contributed by atoms with van der Waals surface area (Å²) in [5.74, 6) is 0. The zero-order valence-electron chi connectivity index (χ0n) is 33.7. The first kappa shape index (κ1) is 37.2. The average molecular weight is 787 g/mol. The SMILES string of the molecule is CP(C)(=O)c1cccc(-c2c3ccccc3c(-c3cccc(-c4cc(-c5ccccc5)c(-c5ccccc5)c(-c5ccccc5)c4-c4ccccc4)c3)c3ccccc23)c1. The molecule has 0 aromatic heterocycles. The lowest BCUT2D eigenvalue weighted by Gasteiger charge is -2.25. The summed E-state index contributed by atoms with van der Waals surface area (Å²) < 4.78 is 13.3. The summed E-state index contributed by atoms with van der Waals surface area (Å²) in [7, 11) is -2.47. The highest BCUT2D eigenvalue weighted by Crippen LogP contribution is 2.51. The maximum atomic E-state index is 13.3. The molecule has 0 atom stereocenters. The van der Waals surface area contributed by atoms with Crippen LogP contribution >= 0.6 is 7.14 Å². The van der Waals surface area contributed by atoms with Crippen LogP contribution in [0.1, 0.15) is 0 Å². The molecular weight excluding hydrogens is 744 g/mol. The van der Waals surface area contributed by atoms with Crippen LogP contribution in [0, 0.1) is 0 Å². The van der Waals surface area contributed by atoms with Crippen molar-refractivity contribution in [2.24, 2.45) is 0 Å². The molecule has 10 aromatic rings. The van der Waals surface area contributed by atoms with Crippen LogP contribution in [0.5, 0.6) is 0 Å². The van der Waals surface area contributed by atoms with Gasteiger partial charge in [-0.25, -0.2) is 0 Å². The minimum Gasteiger partial charge on any atom is -0.319 e. The lowest BCUT2D eigenvalue weighted by molar-refractivity contribution is 0.588. The lowest BCUT2D eigenvalue weighted by Crippen LogP contribution is -2.02. The molecule has 0 radical (unpaired) electrons. The van der Waals surface area contributed by atoms with Crippen LogP contribution in [0.15, 0.2) is 224 Å². The zero-order chi connectivity index (χ0) is 40.6. The monoisotopic (exact) mass is 786 g/mol. The van der Waals surface area contributed by atoms with E-state index in [9.17, 15) is 4.57 Å². The maximum Gasteiger partial charge on any atom is 0.109 e. The predicted molar refractivity (Wildman–Crippen MR) is 259 cm³/mol. The summed E-state index contributed by atoms with van der Waals surface area (Å²) in [6, 6.07) is 80.9. The fraction of sp³-hybridized carbons (Fsp3) is 0.0345. The molecule has 0 spiro atoms. The van der Waals surface area contributed by atoms with Crippen LogP contribution in [0.25, 0.3) is 99.4 Å². The van der Waals surface area contributed by atoms with Gasteiger partial charge in [0.15, 0.2) is 0 Å². The van der Waals surface area contributed by atoms with E-state index in [4.69, 9.17) is 0 Å². The van der Waals surface area contributed by atoms with Crippen LogP contribution < -0.4 is 5.30 Å². The summed E-state index contributed by atoms with van der Waals surface area (Å²) in [4.78, 5) is 0. The summed E-state index contributed by atoms with van der Waals surface area (Å²) in [5, 5.41) is 5.60. The number of fused-ring (bicyclic) bond motifs is 2. The fourth-order valence-electron chi connectivity index (χ4n) is 9.05. The Hall–Kier alpha value is -7.05. The van der Waals surface area contributed by atoms with E-state index in [1.165, 1.54) is 82.7 Å². The lowest BCUT2D eigenvalue weighted by atomic mass is 9.78. The van der Waals surface area contributed by atoms with Crippen molar-refractivity contribution in [1.29, 1.82) is 0 Å². The molecule has 10 rings (SSSR count). The molecule has 2 heteroatoms. The molecule has 0 aliphatic carbocycles. The second-order valence-corrected chi connectivity index (χ2v) is 19.1. The van der Waals surface area contributed by atoms with Gasteiger partial charge in [-0.3, -0.25) is 0 Å². The third kappa shape index (κ3) is 6.78. The minimum absolute atomic E-state index is 0.891. The fourth-order valence-corrected chi connectivity index (χ4v) is 9.94. The van der Waals surface area contributed by atoms with Gasteiger partial charge in [-0.15, -0.1) is 0 Å². The Labute approximate surface area is 352 Å². The second kappa shape index (κ2) is 15.6. The van der Waals surface area contributed by atoms with Crippen molar-refractivity contribution in [1.82, 2.24) is 0 Å². The van der Waals surface area contributed by atoms with E-state index in [1.807, 2.05) is 25.5 Å². The van der Waals surface area contributed by atoms with Gasteiger partial charge in [-0.2, -0.15) is 0 Å². The molecule has 0 amide bonds. The number of hydrogen-bond donors (Lipinski definition) is 0. The summed E-state index contributed by atoms with van der Waals surface area (Å²) in [6.45, 7) is 3.70. The number of hydrogen-bond acceptors (Lipinski definition) is 1. The Bertz CT molecular complexity index is 3160. The van der Waals surface area contributed by atoms with E-state index < -0.39 is 7.14 Å². The molecule has 286 valence electrons. The molecule has 60 heavy (non-hydrogen) atoms. The molecule has 10 aromatic carbocycles. The van der Waals surface area contributed by atoms with Gasteiger partial charge in [-0.05, 0) is 131 Å². The third-order valence-corrected chi connectivity index (χ3v) is 13.3. The molecule has 0 aliphatic heterocycles. The predicted octanol–water partition coefficient (Wildman–Crippen LogP) is 15.9. The van der Waals surface area contributed by atoms with Crippen LogP contribution in [0.3, 0.4) is 0 Å². The number of rotatable bonds is 8. The first-order valence-corrected chi connectivity index (χ1v) is 23.2. The highest BCUT2D eigenvalue weighted by atomic mass is 31.2. The normalized spacial score (nSPS) is 11.6. The van der Waals surface area contributed by atoms with E-state index in [2.05, 4.69) is 212 Å². The molecule has 0 saturated heterocycles. The Kier molecular flexibility index (Phi) is 9.69. The molecule has 0 fully saturated rings. The van der Waals surface area contributed by atoms with Crippen LogP contribution in [0.4, 0.5) is 0 Å². The van der Waals surface area contributed by atoms with Gasteiger partial charge in [0.1, 0.15) is 7.14 Å². The van der Waals surface area contributed by atoms with Crippen LogP contribution in [-0.2, 0) is 4.57 Å². The average Bonchev–Trinajstić information content (AvgIpc) is 3.31. The maximum absolute atomic E-state index is 13.3. The van der Waals surface area contributed by atoms with E-state index >= 15 is 0 Å². The van der Waals surface area contributed by atoms with Crippen molar-refractivity contribution in [3.05, 3.63) is 224 Å².